The van der Waals surface area contributed by atoms with E-state index in [0.717, 1.165) is 12.5 Å². The molecule has 0 unspecified atom stereocenters. The van der Waals surface area contributed by atoms with Crippen LogP contribution in [-0.4, -0.2) is 6.54 Å². The summed E-state index contributed by atoms with van der Waals surface area (Å²) in [5, 5.41) is 3.60. The average Bonchev–Trinajstić information content (AvgIpc) is 2.30. The highest BCUT2D eigenvalue weighted by molar-refractivity contribution is 5.52. The third-order valence-electron chi connectivity index (χ3n) is 3.32. The fraction of sp³-hybridized carbons (Fsp3) is 0.600. The average molecular weight is 219 g/mol. The molecule has 16 heavy (non-hydrogen) atoms. The number of hydrogen-bond donors (Lipinski definition) is 1. The van der Waals surface area contributed by atoms with Crippen LogP contribution >= 0.6 is 0 Å². The van der Waals surface area contributed by atoms with Crippen molar-refractivity contribution in [3.05, 3.63) is 29.8 Å². The Morgan fingerprint density at radius 1 is 1.06 bits per heavy atom. The molecule has 0 amide bonds. The highest BCUT2D eigenvalue weighted by Gasteiger charge is 2.07. The lowest BCUT2D eigenvalue weighted by Crippen LogP contribution is -2.13. The second-order valence-electron chi connectivity index (χ2n) is 4.81. The van der Waals surface area contributed by atoms with Crippen molar-refractivity contribution >= 4 is 5.69 Å². The highest BCUT2D eigenvalue weighted by atomic mass is 14.9. The lowest BCUT2D eigenvalue weighted by atomic mass is 10.00. The number of para-hydroxylation sites is 1. The number of nitrogens with one attached hydrogen (secondary N) is 1. The van der Waals surface area contributed by atoms with Crippen LogP contribution in [0.5, 0.6) is 0 Å². The van der Waals surface area contributed by atoms with E-state index in [4.69, 9.17) is 0 Å². The summed E-state index contributed by atoms with van der Waals surface area (Å²) in [5.41, 5.74) is 2.73. The maximum absolute atomic E-state index is 3.60. The van der Waals surface area contributed by atoms with Crippen LogP contribution in [0.1, 0.15) is 52.0 Å². The largest absolute Gasteiger partial charge is 0.385 e. The van der Waals surface area contributed by atoms with Crippen molar-refractivity contribution in [2.75, 3.05) is 11.9 Å². The quantitative estimate of drug-likeness (QED) is 0.734. The first-order valence-electron chi connectivity index (χ1n) is 6.51. The van der Waals surface area contributed by atoms with Crippen molar-refractivity contribution in [3.63, 3.8) is 0 Å². The van der Waals surface area contributed by atoms with Gasteiger partial charge in [0.05, 0.1) is 0 Å². The molecule has 1 N–H and O–H groups in total. The molecular weight excluding hydrogens is 194 g/mol. The van der Waals surface area contributed by atoms with E-state index in [1.165, 1.54) is 24.1 Å². The van der Waals surface area contributed by atoms with E-state index in [9.17, 15) is 0 Å². The molecule has 0 atom stereocenters. The van der Waals surface area contributed by atoms with Crippen molar-refractivity contribution in [1.29, 1.82) is 0 Å². The van der Waals surface area contributed by atoms with Gasteiger partial charge in [-0.15, -0.1) is 0 Å². The molecule has 1 rings (SSSR count). The maximum Gasteiger partial charge on any atom is 0.0375 e. The Morgan fingerprint density at radius 3 is 2.25 bits per heavy atom. The zero-order chi connectivity index (χ0) is 12.0. The normalized spacial score (nSPS) is 11.1. The second-order valence-corrected chi connectivity index (χ2v) is 4.81. The minimum Gasteiger partial charge on any atom is -0.385 e. The molecule has 0 bridgehead atoms. The van der Waals surface area contributed by atoms with Gasteiger partial charge in [-0.05, 0) is 23.5 Å². The predicted octanol–water partition coefficient (Wildman–Crippen LogP) is 4.66. The molecule has 1 nitrogen and oxygen atoms in total. The van der Waals surface area contributed by atoms with Gasteiger partial charge in [-0.3, -0.25) is 0 Å². The Hall–Kier alpha value is -0.980. The van der Waals surface area contributed by atoms with Gasteiger partial charge in [-0.1, -0.05) is 58.7 Å². The van der Waals surface area contributed by atoms with E-state index in [1.807, 2.05) is 0 Å². The van der Waals surface area contributed by atoms with E-state index < -0.39 is 0 Å². The molecule has 0 radical (unpaired) electrons. The summed E-state index contributed by atoms with van der Waals surface area (Å²) in [7, 11) is 0. The lowest BCUT2D eigenvalue weighted by Gasteiger charge is -2.18. The zero-order valence-electron chi connectivity index (χ0n) is 11.1. The van der Waals surface area contributed by atoms with Gasteiger partial charge in [-0.25, -0.2) is 0 Å². The summed E-state index contributed by atoms with van der Waals surface area (Å²) in [6.45, 7) is 10.1. The lowest BCUT2D eigenvalue weighted by molar-refractivity contribution is 0.519. The molecule has 0 aliphatic carbocycles. The van der Waals surface area contributed by atoms with Gasteiger partial charge in [-0.2, -0.15) is 0 Å². The van der Waals surface area contributed by atoms with Crippen LogP contribution in [-0.2, 0) is 0 Å². The van der Waals surface area contributed by atoms with Crippen molar-refractivity contribution in [2.24, 2.45) is 5.92 Å². The van der Waals surface area contributed by atoms with Gasteiger partial charge in [0, 0.05) is 12.2 Å². The first kappa shape index (κ1) is 13.1. The molecule has 0 fully saturated rings. The number of anilines is 1. The van der Waals surface area contributed by atoms with Crippen LogP contribution in [0.2, 0.25) is 0 Å². The van der Waals surface area contributed by atoms with Gasteiger partial charge >= 0.3 is 0 Å². The standard InChI is InChI=1S/C15H25N/c1-5-13(6-2)11-16-15-10-8-7-9-14(15)12(3)4/h7-10,12-13,16H,5-6,11H2,1-4H3. The van der Waals surface area contributed by atoms with Crippen LogP contribution in [0.25, 0.3) is 0 Å². The topological polar surface area (TPSA) is 12.0 Å². The molecule has 1 aromatic carbocycles. The summed E-state index contributed by atoms with van der Waals surface area (Å²) in [4.78, 5) is 0. The molecule has 1 heteroatoms. The SMILES string of the molecule is CCC(CC)CNc1ccccc1C(C)C. The van der Waals surface area contributed by atoms with E-state index in [-0.39, 0.29) is 0 Å². The van der Waals surface area contributed by atoms with E-state index in [0.29, 0.717) is 5.92 Å². The molecule has 0 heterocycles. The first-order valence-corrected chi connectivity index (χ1v) is 6.51. The third kappa shape index (κ3) is 3.55. The summed E-state index contributed by atoms with van der Waals surface area (Å²) in [6, 6.07) is 8.65. The molecule has 1 aromatic rings. The molecule has 0 aliphatic heterocycles. The van der Waals surface area contributed by atoms with Crippen LogP contribution in [0.15, 0.2) is 24.3 Å². The Bertz CT molecular complexity index is 300. The van der Waals surface area contributed by atoms with Crippen LogP contribution in [0.4, 0.5) is 5.69 Å². The third-order valence-corrected chi connectivity index (χ3v) is 3.32. The minimum absolute atomic E-state index is 0.588. The molecule has 90 valence electrons. The number of benzene rings is 1. The predicted molar refractivity (Wildman–Crippen MR) is 73.1 cm³/mol. The summed E-state index contributed by atoms with van der Waals surface area (Å²) >= 11 is 0. The van der Waals surface area contributed by atoms with Gasteiger partial charge in [0.1, 0.15) is 0 Å². The van der Waals surface area contributed by atoms with Crippen LogP contribution < -0.4 is 5.32 Å². The Kier molecular flexibility index (Phi) is 5.37. The second kappa shape index (κ2) is 6.57. The van der Waals surface area contributed by atoms with Crippen molar-refractivity contribution in [1.82, 2.24) is 0 Å². The molecule has 0 spiro atoms. The maximum atomic E-state index is 3.60. The van der Waals surface area contributed by atoms with Gasteiger partial charge in [0.2, 0.25) is 0 Å². The van der Waals surface area contributed by atoms with Crippen molar-refractivity contribution in [3.8, 4) is 0 Å². The monoisotopic (exact) mass is 219 g/mol. The van der Waals surface area contributed by atoms with Gasteiger partial charge in [0.25, 0.3) is 0 Å². The van der Waals surface area contributed by atoms with E-state index in [1.54, 1.807) is 0 Å². The first-order chi connectivity index (χ1) is 7.69. The van der Waals surface area contributed by atoms with Crippen LogP contribution in [0, 0.1) is 5.92 Å². The number of hydrogen-bond acceptors (Lipinski definition) is 1. The van der Waals surface area contributed by atoms with E-state index >= 15 is 0 Å². The Morgan fingerprint density at radius 2 is 1.69 bits per heavy atom. The number of rotatable bonds is 6. The van der Waals surface area contributed by atoms with Gasteiger partial charge in [0.15, 0.2) is 0 Å². The highest BCUT2D eigenvalue weighted by Crippen LogP contribution is 2.24. The summed E-state index contributed by atoms with van der Waals surface area (Å²) in [5.74, 6) is 1.38. The molecule has 0 saturated carbocycles. The minimum atomic E-state index is 0.588. The van der Waals surface area contributed by atoms with Crippen molar-refractivity contribution < 1.29 is 0 Å². The Balaban J connectivity index is 2.66. The molecule has 0 saturated heterocycles. The zero-order valence-corrected chi connectivity index (χ0v) is 11.1. The fourth-order valence-electron chi connectivity index (χ4n) is 1.99. The smallest absolute Gasteiger partial charge is 0.0375 e. The Labute approximate surface area is 100 Å². The van der Waals surface area contributed by atoms with E-state index in [2.05, 4.69) is 57.3 Å². The summed E-state index contributed by atoms with van der Waals surface area (Å²) < 4.78 is 0. The van der Waals surface area contributed by atoms with Crippen molar-refractivity contribution in [2.45, 2.75) is 46.5 Å². The summed E-state index contributed by atoms with van der Waals surface area (Å²) in [6.07, 6.45) is 2.51. The molecule has 0 aromatic heterocycles. The van der Waals surface area contributed by atoms with Crippen LogP contribution in [0.3, 0.4) is 0 Å². The van der Waals surface area contributed by atoms with Gasteiger partial charge < -0.3 is 5.32 Å². The molecular formula is C15H25N. The fourth-order valence-corrected chi connectivity index (χ4v) is 1.99. The molecule has 0 aliphatic rings.